The van der Waals surface area contributed by atoms with Crippen molar-refractivity contribution in [2.24, 2.45) is 11.8 Å². The summed E-state index contributed by atoms with van der Waals surface area (Å²) in [5, 5.41) is 3.58. The molecule has 16 heavy (non-hydrogen) atoms. The minimum absolute atomic E-state index is 0.576. The number of hydrogen-bond acceptors (Lipinski definition) is 2. The fourth-order valence-corrected chi connectivity index (χ4v) is 2.36. The zero-order chi connectivity index (χ0) is 11.4. The van der Waals surface area contributed by atoms with E-state index in [2.05, 4.69) is 30.0 Å². The van der Waals surface area contributed by atoms with E-state index in [4.69, 9.17) is 4.74 Å². The Morgan fingerprint density at radius 1 is 1.38 bits per heavy atom. The Hall–Kier alpha value is -0.790. The van der Waals surface area contributed by atoms with Crippen molar-refractivity contribution in [2.45, 2.75) is 45.6 Å². The van der Waals surface area contributed by atoms with Gasteiger partial charge in [0.15, 0.2) is 6.21 Å². The van der Waals surface area contributed by atoms with Gasteiger partial charge in [-0.15, -0.1) is 0 Å². The van der Waals surface area contributed by atoms with Crippen LogP contribution in [0.4, 0.5) is 0 Å². The molecular weight excluding hydrogens is 200 g/mol. The molecule has 0 radical (unpaired) electrons. The Balaban J connectivity index is 1.86. The van der Waals surface area contributed by atoms with Gasteiger partial charge in [-0.2, -0.15) is 0 Å². The summed E-state index contributed by atoms with van der Waals surface area (Å²) in [6.45, 7) is 6.39. The maximum atomic E-state index is 5.36. The zero-order valence-electron chi connectivity index (χ0n) is 10.4. The van der Waals surface area contributed by atoms with Gasteiger partial charge in [-0.3, -0.25) is 5.32 Å². The van der Waals surface area contributed by atoms with Gasteiger partial charge in [-0.1, -0.05) is 13.8 Å². The molecule has 1 atom stereocenters. The zero-order valence-corrected chi connectivity index (χ0v) is 10.4. The molecule has 0 aliphatic carbocycles. The van der Waals surface area contributed by atoms with Crippen LogP contribution in [0.3, 0.4) is 0 Å². The van der Waals surface area contributed by atoms with Crippen molar-refractivity contribution in [3.05, 3.63) is 0 Å². The van der Waals surface area contributed by atoms with Crippen LogP contribution in [0.2, 0.25) is 0 Å². The Bertz CT molecular complexity index is 286. The molecule has 0 aromatic heterocycles. The Labute approximate surface area is 98.0 Å². The predicted molar refractivity (Wildman–Crippen MR) is 67.7 cm³/mol. The second-order valence-corrected chi connectivity index (χ2v) is 5.23. The van der Waals surface area contributed by atoms with Crippen LogP contribution < -0.4 is 9.98 Å². The van der Waals surface area contributed by atoms with Crippen LogP contribution in [-0.4, -0.2) is 31.3 Å². The summed E-state index contributed by atoms with van der Waals surface area (Å²) in [5.41, 5.74) is 0. The van der Waals surface area contributed by atoms with Gasteiger partial charge >= 0.3 is 5.84 Å². The summed E-state index contributed by atoms with van der Waals surface area (Å²) >= 11 is 0. The van der Waals surface area contributed by atoms with Crippen molar-refractivity contribution >= 4 is 12.1 Å². The van der Waals surface area contributed by atoms with E-state index in [9.17, 15) is 0 Å². The molecule has 90 valence electrons. The monoisotopic (exact) mass is 223 g/mol. The first-order valence-electron chi connectivity index (χ1n) is 6.48. The first-order valence-corrected chi connectivity index (χ1v) is 6.48. The molecule has 1 N–H and O–H groups in total. The summed E-state index contributed by atoms with van der Waals surface area (Å²) in [6.07, 6.45) is 6.56. The van der Waals surface area contributed by atoms with E-state index in [1.165, 1.54) is 5.84 Å². The minimum Gasteiger partial charge on any atom is -0.381 e. The Morgan fingerprint density at radius 3 is 2.81 bits per heavy atom. The van der Waals surface area contributed by atoms with Crippen LogP contribution in [0, 0.1) is 11.8 Å². The Kier molecular flexibility index (Phi) is 4.03. The third kappa shape index (κ3) is 3.10. The van der Waals surface area contributed by atoms with Crippen molar-refractivity contribution in [3.63, 3.8) is 0 Å². The van der Waals surface area contributed by atoms with Crippen LogP contribution in [0.1, 0.15) is 39.5 Å². The highest BCUT2D eigenvalue weighted by molar-refractivity contribution is 5.86. The smallest absolute Gasteiger partial charge is 0.342 e. The highest BCUT2D eigenvalue weighted by atomic mass is 16.5. The summed E-state index contributed by atoms with van der Waals surface area (Å²) in [5.74, 6) is 2.70. The lowest BCUT2D eigenvalue weighted by molar-refractivity contribution is 0.0822. The van der Waals surface area contributed by atoms with Crippen molar-refractivity contribution in [1.29, 1.82) is 0 Å². The summed E-state index contributed by atoms with van der Waals surface area (Å²) < 4.78 is 9.86. The van der Waals surface area contributed by atoms with Gasteiger partial charge in [-0.05, 0) is 11.8 Å². The van der Waals surface area contributed by atoms with Crippen molar-refractivity contribution < 1.29 is 4.74 Å². The molecule has 0 aromatic carbocycles. The molecule has 2 aliphatic heterocycles. The lowest BCUT2D eigenvalue weighted by Gasteiger charge is -2.22. The second-order valence-electron chi connectivity index (χ2n) is 5.23. The van der Waals surface area contributed by atoms with E-state index in [-0.39, 0.29) is 0 Å². The van der Waals surface area contributed by atoms with Gasteiger partial charge in [0.2, 0.25) is 0 Å². The first-order chi connectivity index (χ1) is 7.75. The number of rotatable bonds is 2. The quantitative estimate of drug-likeness (QED) is 0.717. The maximum absolute atomic E-state index is 5.36. The molecule has 0 saturated carbocycles. The summed E-state index contributed by atoms with van der Waals surface area (Å²) in [6, 6.07) is 0.576. The van der Waals surface area contributed by atoms with E-state index in [0.29, 0.717) is 6.04 Å². The summed E-state index contributed by atoms with van der Waals surface area (Å²) in [7, 11) is 0. The van der Waals surface area contributed by atoms with E-state index in [1.54, 1.807) is 0 Å². The number of nitrogens with zero attached hydrogens (tertiary/aromatic N) is 1. The molecule has 2 aliphatic rings. The van der Waals surface area contributed by atoms with E-state index >= 15 is 0 Å². The molecule has 1 unspecified atom stereocenters. The van der Waals surface area contributed by atoms with Crippen LogP contribution in [0.5, 0.6) is 0 Å². The van der Waals surface area contributed by atoms with Crippen LogP contribution in [-0.2, 0) is 4.74 Å². The molecule has 3 heteroatoms. The van der Waals surface area contributed by atoms with Gasteiger partial charge in [0.25, 0.3) is 0 Å². The molecule has 0 spiro atoms. The number of hydrogen-bond donors (Lipinski definition) is 1. The normalized spacial score (nSPS) is 26.9. The minimum atomic E-state index is 0.576. The lowest BCUT2D eigenvalue weighted by atomic mass is 9.88. The first kappa shape index (κ1) is 11.7. The highest BCUT2D eigenvalue weighted by Crippen LogP contribution is 2.19. The SMILES string of the molecule is CC(C)C1CC=[N+]=C(NC2CCOCC2)C1. The number of nitrogens with one attached hydrogen (secondary N) is 1. The standard InChI is InChI=1S/C13H22N2O/c1-10(2)11-3-6-14-13(9-11)15-12-4-7-16-8-5-12/h6,10-12H,3-5,7-9H2,1-2H3/p+1. The summed E-state index contributed by atoms with van der Waals surface area (Å²) in [4.78, 5) is 0. The third-order valence-electron chi connectivity index (χ3n) is 3.65. The van der Waals surface area contributed by atoms with Crippen LogP contribution >= 0.6 is 0 Å². The number of ether oxygens (including phenoxy) is 1. The average molecular weight is 223 g/mol. The lowest BCUT2D eigenvalue weighted by Crippen LogP contribution is -2.42. The molecule has 1 fully saturated rings. The van der Waals surface area contributed by atoms with Crippen LogP contribution in [0.25, 0.3) is 0 Å². The number of amidine groups is 1. The Morgan fingerprint density at radius 2 is 2.12 bits per heavy atom. The topological polar surface area (TPSA) is 35.4 Å². The molecule has 0 amide bonds. The maximum Gasteiger partial charge on any atom is 0.342 e. The fraction of sp³-hybridized carbons (Fsp3) is 0.846. The van der Waals surface area contributed by atoms with Gasteiger partial charge in [0.1, 0.15) is 0 Å². The van der Waals surface area contributed by atoms with E-state index in [0.717, 1.165) is 50.7 Å². The molecule has 1 saturated heterocycles. The largest absolute Gasteiger partial charge is 0.381 e. The third-order valence-corrected chi connectivity index (χ3v) is 3.65. The second kappa shape index (κ2) is 5.51. The van der Waals surface area contributed by atoms with Gasteiger partial charge in [0.05, 0.1) is 25.7 Å². The molecule has 0 aromatic rings. The van der Waals surface area contributed by atoms with Crippen LogP contribution in [0.15, 0.2) is 0 Å². The van der Waals surface area contributed by atoms with Gasteiger partial charge in [0, 0.05) is 19.3 Å². The van der Waals surface area contributed by atoms with E-state index in [1.807, 2.05) is 0 Å². The van der Waals surface area contributed by atoms with Gasteiger partial charge in [-0.25, -0.2) is 4.67 Å². The average Bonchev–Trinajstić information content (AvgIpc) is 2.30. The predicted octanol–water partition coefficient (Wildman–Crippen LogP) is 1.36. The molecule has 3 nitrogen and oxygen atoms in total. The van der Waals surface area contributed by atoms with Crippen molar-refractivity contribution in [2.75, 3.05) is 13.2 Å². The molecular formula is C13H23N2O+. The molecule has 2 heterocycles. The van der Waals surface area contributed by atoms with Gasteiger partial charge < -0.3 is 4.74 Å². The molecule has 0 bridgehead atoms. The highest BCUT2D eigenvalue weighted by Gasteiger charge is 2.27. The van der Waals surface area contributed by atoms with Crippen molar-refractivity contribution in [3.8, 4) is 0 Å². The molecule has 2 rings (SSSR count). The van der Waals surface area contributed by atoms with E-state index < -0.39 is 0 Å². The van der Waals surface area contributed by atoms with Crippen molar-refractivity contribution in [1.82, 2.24) is 9.98 Å². The fourth-order valence-electron chi connectivity index (χ4n) is 2.36.